The number of aromatic amines is 1. The van der Waals surface area contributed by atoms with E-state index in [9.17, 15) is 0 Å². The van der Waals surface area contributed by atoms with E-state index in [1.807, 2.05) is 48.5 Å². The summed E-state index contributed by atoms with van der Waals surface area (Å²) in [6, 6.07) is 15.4. The number of hydrogen-bond donors (Lipinski definition) is 3. The van der Waals surface area contributed by atoms with Crippen LogP contribution in [0.2, 0.25) is 0 Å². The van der Waals surface area contributed by atoms with Crippen LogP contribution in [0.3, 0.4) is 0 Å². The molecule has 3 rings (SSSR count). The van der Waals surface area contributed by atoms with E-state index in [0.29, 0.717) is 18.8 Å². The van der Waals surface area contributed by atoms with Crippen LogP contribution in [-0.2, 0) is 0 Å². The van der Waals surface area contributed by atoms with Crippen LogP contribution in [0.5, 0.6) is 0 Å². The molecule has 0 saturated carbocycles. The van der Waals surface area contributed by atoms with Gasteiger partial charge < -0.3 is 15.2 Å². The van der Waals surface area contributed by atoms with Crippen LogP contribution in [0.4, 0.5) is 5.69 Å². The van der Waals surface area contributed by atoms with Crippen molar-refractivity contribution in [2.45, 2.75) is 0 Å². The van der Waals surface area contributed by atoms with Gasteiger partial charge in [0.05, 0.1) is 43.0 Å². The minimum atomic E-state index is -0.0377. The number of H-pyrrole nitrogens is 1. The van der Waals surface area contributed by atoms with Crippen LogP contribution in [0.15, 0.2) is 58.9 Å². The van der Waals surface area contributed by atoms with Crippen LogP contribution in [0.1, 0.15) is 0 Å². The first-order valence-electron chi connectivity index (χ1n) is 7.73. The van der Waals surface area contributed by atoms with Gasteiger partial charge in [-0.05, 0) is 36.4 Å². The lowest BCUT2D eigenvalue weighted by Gasteiger charge is -2.14. The second kappa shape index (κ2) is 7.67. The predicted octanol–water partition coefficient (Wildman–Crippen LogP) is 2.52. The normalized spacial score (nSPS) is 11.4. The number of rotatable bonds is 7. The molecule has 7 nitrogen and oxygen atoms in total. The number of aliphatic hydroxyl groups is 2. The monoisotopic (exact) mass is 325 g/mol. The molecule has 7 heteroatoms. The molecule has 3 aromatic rings. The van der Waals surface area contributed by atoms with Crippen molar-refractivity contribution in [3.8, 4) is 11.4 Å². The second-order valence-corrected chi connectivity index (χ2v) is 5.24. The smallest absolute Gasteiger partial charge is 0.138 e. The number of hydrogen-bond acceptors (Lipinski definition) is 5. The van der Waals surface area contributed by atoms with E-state index in [-0.39, 0.29) is 13.2 Å². The average molecular weight is 325 g/mol. The Bertz CT molecular complexity index is 774. The zero-order chi connectivity index (χ0) is 16.8. The largest absolute Gasteiger partial charge is 0.394 e. The summed E-state index contributed by atoms with van der Waals surface area (Å²) in [6.07, 6.45) is 0. The standard InChI is InChI=1S/C17H19N5O2/c23-11-9-22(10-12-24)21-20-14-7-5-13(6-8-14)17-18-15-3-1-2-4-16(15)19-17/h1-8,23-24H,9-12H2,(H,18,19). The van der Waals surface area contributed by atoms with E-state index in [0.717, 1.165) is 22.4 Å². The topological polar surface area (TPSA) is 97.1 Å². The first-order valence-corrected chi connectivity index (χ1v) is 7.73. The quantitative estimate of drug-likeness (QED) is 0.459. The van der Waals surface area contributed by atoms with Gasteiger partial charge in [-0.2, -0.15) is 0 Å². The molecule has 1 heterocycles. The molecule has 0 unspecified atom stereocenters. The van der Waals surface area contributed by atoms with Crippen molar-refractivity contribution in [1.82, 2.24) is 15.0 Å². The van der Waals surface area contributed by atoms with E-state index < -0.39 is 0 Å². The van der Waals surface area contributed by atoms with Gasteiger partial charge in [0.1, 0.15) is 5.82 Å². The van der Waals surface area contributed by atoms with Crippen molar-refractivity contribution in [3.05, 3.63) is 48.5 Å². The Kier molecular flexibility index (Phi) is 5.15. The van der Waals surface area contributed by atoms with Crippen molar-refractivity contribution < 1.29 is 10.2 Å². The number of aromatic nitrogens is 2. The Balaban J connectivity index is 1.75. The van der Waals surface area contributed by atoms with Crippen molar-refractivity contribution in [2.24, 2.45) is 10.3 Å². The summed E-state index contributed by atoms with van der Waals surface area (Å²) in [5, 5.41) is 27.6. The maximum atomic E-state index is 8.95. The Morgan fingerprint density at radius 3 is 2.33 bits per heavy atom. The van der Waals surface area contributed by atoms with Gasteiger partial charge in [0.15, 0.2) is 0 Å². The number of fused-ring (bicyclic) bond motifs is 1. The van der Waals surface area contributed by atoms with Crippen molar-refractivity contribution in [2.75, 3.05) is 26.3 Å². The van der Waals surface area contributed by atoms with Gasteiger partial charge >= 0.3 is 0 Å². The third-order valence-corrected chi connectivity index (χ3v) is 3.53. The molecule has 0 atom stereocenters. The fourth-order valence-electron chi connectivity index (χ4n) is 2.32. The third-order valence-electron chi connectivity index (χ3n) is 3.53. The fourth-order valence-corrected chi connectivity index (χ4v) is 2.32. The molecule has 0 aliphatic rings. The van der Waals surface area contributed by atoms with E-state index in [2.05, 4.69) is 20.3 Å². The summed E-state index contributed by atoms with van der Waals surface area (Å²) in [7, 11) is 0. The summed E-state index contributed by atoms with van der Waals surface area (Å²) in [6.45, 7) is 0.594. The maximum Gasteiger partial charge on any atom is 0.138 e. The molecule has 0 saturated heterocycles. The Labute approximate surface area is 139 Å². The summed E-state index contributed by atoms with van der Waals surface area (Å²) < 4.78 is 0. The average Bonchev–Trinajstić information content (AvgIpc) is 3.05. The zero-order valence-corrected chi connectivity index (χ0v) is 13.1. The molecule has 0 amide bonds. The van der Waals surface area contributed by atoms with Gasteiger partial charge in [-0.25, -0.2) is 4.98 Å². The number of aliphatic hydroxyl groups excluding tert-OH is 2. The highest BCUT2D eigenvalue weighted by Crippen LogP contribution is 2.23. The summed E-state index contributed by atoms with van der Waals surface area (Å²) in [5.41, 5.74) is 3.59. The number of nitrogens with zero attached hydrogens (tertiary/aromatic N) is 4. The van der Waals surface area contributed by atoms with Crippen LogP contribution in [-0.4, -0.2) is 51.5 Å². The number of benzene rings is 2. The molecule has 0 spiro atoms. The first kappa shape index (κ1) is 16.1. The molecule has 0 bridgehead atoms. The summed E-state index contributed by atoms with van der Waals surface area (Å²) in [5.74, 6) is 0.807. The van der Waals surface area contributed by atoms with Crippen molar-refractivity contribution in [1.29, 1.82) is 0 Å². The number of imidazole rings is 1. The fraction of sp³-hybridized carbons (Fsp3) is 0.235. The van der Waals surface area contributed by atoms with Gasteiger partial charge in [-0.1, -0.05) is 17.4 Å². The summed E-state index contributed by atoms with van der Waals surface area (Å²) >= 11 is 0. The Morgan fingerprint density at radius 1 is 0.958 bits per heavy atom. The Hall–Kier alpha value is -2.77. The summed E-state index contributed by atoms with van der Waals surface area (Å²) in [4.78, 5) is 7.85. The van der Waals surface area contributed by atoms with E-state index in [1.54, 1.807) is 0 Å². The predicted molar refractivity (Wildman–Crippen MR) is 91.8 cm³/mol. The lowest BCUT2D eigenvalue weighted by molar-refractivity contribution is 0.158. The molecule has 1 aromatic heterocycles. The van der Waals surface area contributed by atoms with Crippen LogP contribution < -0.4 is 0 Å². The van der Waals surface area contributed by atoms with Crippen molar-refractivity contribution in [3.63, 3.8) is 0 Å². The molecule has 2 aromatic carbocycles. The maximum absolute atomic E-state index is 8.95. The minimum absolute atomic E-state index is 0.0377. The lowest BCUT2D eigenvalue weighted by atomic mass is 10.2. The van der Waals surface area contributed by atoms with E-state index in [4.69, 9.17) is 10.2 Å². The van der Waals surface area contributed by atoms with Gasteiger partial charge in [-0.3, -0.25) is 5.01 Å². The highest BCUT2D eigenvalue weighted by atomic mass is 16.3. The molecule has 3 N–H and O–H groups in total. The number of nitrogens with one attached hydrogen (secondary N) is 1. The van der Waals surface area contributed by atoms with Gasteiger partial charge in [0.2, 0.25) is 0 Å². The van der Waals surface area contributed by atoms with E-state index in [1.165, 1.54) is 5.01 Å². The lowest BCUT2D eigenvalue weighted by Crippen LogP contribution is -2.24. The molecule has 0 fully saturated rings. The zero-order valence-electron chi connectivity index (χ0n) is 13.1. The second-order valence-electron chi connectivity index (χ2n) is 5.24. The third kappa shape index (κ3) is 3.76. The molecular weight excluding hydrogens is 306 g/mol. The minimum Gasteiger partial charge on any atom is -0.394 e. The molecule has 0 aliphatic heterocycles. The Morgan fingerprint density at radius 2 is 1.67 bits per heavy atom. The molecule has 0 aliphatic carbocycles. The van der Waals surface area contributed by atoms with Gasteiger partial charge in [0.25, 0.3) is 0 Å². The van der Waals surface area contributed by atoms with E-state index >= 15 is 0 Å². The molecule has 0 radical (unpaired) electrons. The van der Waals surface area contributed by atoms with Crippen LogP contribution in [0.25, 0.3) is 22.4 Å². The molecule has 24 heavy (non-hydrogen) atoms. The molecule has 124 valence electrons. The molecular formula is C17H19N5O2. The van der Waals surface area contributed by atoms with Gasteiger partial charge in [0, 0.05) is 5.56 Å². The van der Waals surface area contributed by atoms with Crippen LogP contribution >= 0.6 is 0 Å². The highest BCUT2D eigenvalue weighted by molar-refractivity contribution is 5.79. The van der Waals surface area contributed by atoms with Gasteiger partial charge in [-0.15, -0.1) is 5.11 Å². The first-order chi connectivity index (χ1) is 11.8. The highest BCUT2D eigenvalue weighted by Gasteiger charge is 2.05. The van der Waals surface area contributed by atoms with Crippen LogP contribution in [0, 0.1) is 0 Å². The number of para-hydroxylation sites is 2. The van der Waals surface area contributed by atoms with Crippen molar-refractivity contribution >= 4 is 16.7 Å². The SMILES string of the molecule is OCCN(CCO)N=Nc1ccc(-c2nc3ccccc3[nH]2)cc1.